The summed E-state index contributed by atoms with van der Waals surface area (Å²) in [6.07, 6.45) is 3.69. The lowest BCUT2D eigenvalue weighted by Crippen LogP contribution is -2.50. The molecule has 1 fully saturated rings. The maximum absolute atomic E-state index is 5.55. The van der Waals surface area contributed by atoms with Gasteiger partial charge in [0.05, 0.1) is 5.69 Å². The first-order chi connectivity index (χ1) is 16.5. The van der Waals surface area contributed by atoms with Gasteiger partial charge in [-0.2, -0.15) is 0 Å². The minimum atomic E-state index is 0.416. The lowest BCUT2D eigenvalue weighted by atomic mass is 9.92. The van der Waals surface area contributed by atoms with E-state index in [9.17, 15) is 0 Å². The number of nitrogens with zero attached hydrogens (tertiary/aromatic N) is 2. The van der Waals surface area contributed by atoms with E-state index in [1.54, 1.807) is 0 Å². The number of hydrogen-bond donors (Lipinski definition) is 1. The molecule has 0 bridgehead atoms. The summed E-state index contributed by atoms with van der Waals surface area (Å²) in [5, 5.41) is 3.97. The van der Waals surface area contributed by atoms with Crippen LogP contribution in [0.5, 0.6) is 0 Å². The number of piperidine rings is 1. The Labute approximate surface area is 215 Å². The van der Waals surface area contributed by atoms with Crippen molar-refractivity contribution in [3.63, 3.8) is 0 Å². The highest BCUT2D eigenvalue weighted by atomic mass is 15.3. The summed E-state index contributed by atoms with van der Waals surface area (Å²) in [7, 11) is 0. The first-order valence-corrected chi connectivity index (χ1v) is 13.9. The Morgan fingerprint density at radius 2 is 1.11 bits per heavy atom. The van der Waals surface area contributed by atoms with E-state index in [0.717, 1.165) is 11.6 Å². The lowest BCUT2D eigenvalue weighted by molar-refractivity contribution is 0.191. The average Bonchev–Trinajstić information content (AvgIpc) is 2.78. The summed E-state index contributed by atoms with van der Waals surface area (Å²) in [4.78, 5) is 8.11. The number of aliphatic imine (C=N–C) groups is 1. The molecule has 1 aliphatic rings. The van der Waals surface area contributed by atoms with Crippen molar-refractivity contribution in [2.45, 2.75) is 124 Å². The van der Waals surface area contributed by atoms with Gasteiger partial charge in [0.1, 0.15) is 0 Å². The Morgan fingerprint density at radius 1 is 0.714 bits per heavy atom. The number of anilines is 1. The third kappa shape index (κ3) is 6.11. The molecule has 0 amide bonds. The van der Waals surface area contributed by atoms with Crippen LogP contribution in [0.25, 0.3) is 0 Å². The Morgan fingerprint density at radius 3 is 1.51 bits per heavy atom. The quantitative estimate of drug-likeness (QED) is 0.333. The van der Waals surface area contributed by atoms with Gasteiger partial charge in [0.2, 0.25) is 5.96 Å². The molecule has 2 atom stereocenters. The Bertz CT molecular complexity index is 953. The highest BCUT2D eigenvalue weighted by Crippen LogP contribution is 2.38. The maximum atomic E-state index is 5.55. The van der Waals surface area contributed by atoms with Gasteiger partial charge in [0.15, 0.2) is 0 Å². The zero-order chi connectivity index (χ0) is 25.9. The fourth-order valence-electron chi connectivity index (χ4n) is 5.54. The molecule has 1 aliphatic heterocycles. The summed E-state index contributed by atoms with van der Waals surface area (Å²) >= 11 is 0. The number of hydrogen-bond acceptors (Lipinski definition) is 1. The van der Waals surface area contributed by atoms with Gasteiger partial charge in [-0.25, -0.2) is 4.99 Å². The molecule has 1 heterocycles. The van der Waals surface area contributed by atoms with E-state index in [1.807, 2.05) is 0 Å². The molecule has 35 heavy (non-hydrogen) atoms. The molecule has 0 radical (unpaired) electrons. The van der Waals surface area contributed by atoms with E-state index in [0.29, 0.717) is 35.8 Å². The fraction of sp³-hybridized carbons (Fsp3) is 0.594. The topological polar surface area (TPSA) is 27.6 Å². The second kappa shape index (κ2) is 11.6. The average molecular weight is 476 g/mol. The molecular formula is C32H49N3. The third-order valence-corrected chi connectivity index (χ3v) is 7.61. The molecule has 1 saturated heterocycles. The summed E-state index contributed by atoms with van der Waals surface area (Å²) in [6.45, 7) is 23.0. The van der Waals surface area contributed by atoms with E-state index in [2.05, 4.69) is 116 Å². The second-order valence-corrected chi connectivity index (χ2v) is 11.8. The molecule has 0 spiro atoms. The van der Waals surface area contributed by atoms with E-state index in [-0.39, 0.29) is 0 Å². The van der Waals surface area contributed by atoms with Gasteiger partial charge >= 0.3 is 0 Å². The monoisotopic (exact) mass is 475 g/mol. The standard InChI is InChI=1S/C32H49N3/c1-20(2)26-16-12-17-27(21(3)4)30(26)33-32(35-24(9)14-11-15-25(35)10)34-31-28(22(5)6)18-13-19-29(31)23(7)8/h12-13,16-25H,11,14-15H2,1-10H3,(H,33,34). The van der Waals surface area contributed by atoms with Crippen LogP contribution < -0.4 is 5.32 Å². The molecule has 1 N–H and O–H groups in total. The fourth-order valence-corrected chi connectivity index (χ4v) is 5.54. The van der Waals surface area contributed by atoms with Gasteiger partial charge < -0.3 is 10.2 Å². The predicted molar refractivity (Wildman–Crippen MR) is 155 cm³/mol. The van der Waals surface area contributed by atoms with Crippen molar-refractivity contribution in [2.75, 3.05) is 5.32 Å². The second-order valence-electron chi connectivity index (χ2n) is 11.8. The molecule has 0 saturated carbocycles. The Balaban J connectivity index is 2.28. The van der Waals surface area contributed by atoms with Crippen LogP contribution in [0, 0.1) is 0 Å². The molecule has 2 unspecified atom stereocenters. The van der Waals surface area contributed by atoms with Crippen LogP contribution in [-0.2, 0) is 0 Å². The van der Waals surface area contributed by atoms with Crippen LogP contribution >= 0.6 is 0 Å². The summed E-state index contributed by atoms with van der Waals surface area (Å²) < 4.78 is 0. The Kier molecular flexibility index (Phi) is 9.07. The summed E-state index contributed by atoms with van der Waals surface area (Å²) in [6, 6.07) is 14.4. The van der Waals surface area contributed by atoms with Gasteiger partial charge in [0, 0.05) is 17.8 Å². The number of guanidine groups is 1. The molecular weight excluding hydrogens is 426 g/mol. The highest BCUT2D eigenvalue weighted by Gasteiger charge is 2.30. The highest BCUT2D eigenvalue weighted by molar-refractivity contribution is 5.98. The van der Waals surface area contributed by atoms with Crippen LogP contribution in [0.1, 0.15) is 134 Å². The molecule has 2 aromatic carbocycles. The van der Waals surface area contributed by atoms with Crippen LogP contribution in [0.15, 0.2) is 41.4 Å². The largest absolute Gasteiger partial charge is 0.337 e. The summed E-state index contributed by atoms with van der Waals surface area (Å²) in [5.74, 6) is 2.71. The molecule has 2 aromatic rings. The first kappa shape index (κ1) is 27.3. The van der Waals surface area contributed by atoms with Gasteiger partial charge in [-0.05, 0) is 79.0 Å². The van der Waals surface area contributed by atoms with E-state index in [4.69, 9.17) is 4.99 Å². The van der Waals surface area contributed by atoms with Crippen LogP contribution in [0.3, 0.4) is 0 Å². The van der Waals surface area contributed by atoms with Crippen molar-refractivity contribution >= 4 is 17.3 Å². The van der Waals surface area contributed by atoms with Gasteiger partial charge in [-0.3, -0.25) is 0 Å². The number of para-hydroxylation sites is 2. The Hall–Kier alpha value is -2.29. The minimum Gasteiger partial charge on any atom is -0.337 e. The number of benzene rings is 2. The maximum Gasteiger partial charge on any atom is 0.204 e. The normalized spacial score (nSPS) is 19.4. The summed E-state index contributed by atoms with van der Waals surface area (Å²) in [5.41, 5.74) is 7.78. The first-order valence-electron chi connectivity index (χ1n) is 13.9. The lowest BCUT2D eigenvalue weighted by Gasteiger charge is -2.42. The smallest absolute Gasteiger partial charge is 0.204 e. The molecule has 3 heteroatoms. The van der Waals surface area contributed by atoms with E-state index in [1.165, 1.54) is 47.2 Å². The minimum absolute atomic E-state index is 0.416. The van der Waals surface area contributed by atoms with Crippen molar-refractivity contribution in [2.24, 2.45) is 4.99 Å². The van der Waals surface area contributed by atoms with Crippen LogP contribution in [0.4, 0.5) is 11.4 Å². The number of nitrogens with one attached hydrogen (secondary N) is 1. The number of rotatable bonds is 6. The van der Waals surface area contributed by atoms with Crippen molar-refractivity contribution in [3.05, 3.63) is 58.7 Å². The molecule has 3 nitrogen and oxygen atoms in total. The zero-order valence-electron chi connectivity index (χ0n) is 23.9. The predicted octanol–water partition coefficient (Wildman–Crippen LogP) is 9.54. The molecule has 0 aliphatic carbocycles. The molecule has 3 rings (SSSR count). The SMILES string of the molecule is CC(C)c1cccc(C(C)C)c1N=C(Nc1c(C(C)C)cccc1C(C)C)N1C(C)CCCC1C. The third-order valence-electron chi connectivity index (χ3n) is 7.61. The van der Waals surface area contributed by atoms with E-state index >= 15 is 0 Å². The van der Waals surface area contributed by atoms with Gasteiger partial charge in [-0.15, -0.1) is 0 Å². The van der Waals surface area contributed by atoms with Crippen molar-refractivity contribution in [1.29, 1.82) is 0 Å². The van der Waals surface area contributed by atoms with Crippen molar-refractivity contribution in [3.8, 4) is 0 Å². The number of likely N-dealkylation sites (tertiary alicyclic amines) is 1. The van der Waals surface area contributed by atoms with Crippen LogP contribution in [0.2, 0.25) is 0 Å². The van der Waals surface area contributed by atoms with Crippen molar-refractivity contribution in [1.82, 2.24) is 4.90 Å². The van der Waals surface area contributed by atoms with Gasteiger partial charge in [-0.1, -0.05) is 91.8 Å². The van der Waals surface area contributed by atoms with Crippen molar-refractivity contribution < 1.29 is 0 Å². The molecule has 0 aromatic heterocycles. The molecule has 192 valence electrons. The van der Waals surface area contributed by atoms with Crippen LogP contribution in [-0.4, -0.2) is 22.9 Å². The van der Waals surface area contributed by atoms with Gasteiger partial charge in [0.25, 0.3) is 0 Å². The zero-order valence-corrected chi connectivity index (χ0v) is 23.9. The van der Waals surface area contributed by atoms with E-state index < -0.39 is 0 Å².